The van der Waals surface area contributed by atoms with Crippen molar-refractivity contribution in [2.24, 2.45) is 0 Å². The molecule has 0 unspecified atom stereocenters. The number of benzene rings is 4. The van der Waals surface area contributed by atoms with Crippen LogP contribution in [0.15, 0.2) is 91.0 Å². The molecule has 0 atom stereocenters. The molecule has 41 heavy (non-hydrogen) atoms. The van der Waals surface area contributed by atoms with Crippen molar-refractivity contribution in [1.29, 1.82) is 0 Å². The molecule has 212 valence electrons. The van der Waals surface area contributed by atoms with Crippen LogP contribution in [0.3, 0.4) is 0 Å². The number of carbonyl (C=O) groups is 1. The van der Waals surface area contributed by atoms with Gasteiger partial charge in [0.1, 0.15) is 5.75 Å². The maximum atomic E-state index is 13.4. The largest absolute Gasteiger partial charge is 0.496 e. The average Bonchev–Trinajstić information content (AvgIpc) is 2.98. The van der Waals surface area contributed by atoms with Crippen molar-refractivity contribution >= 4 is 23.2 Å². The van der Waals surface area contributed by atoms with Crippen molar-refractivity contribution in [3.63, 3.8) is 0 Å². The van der Waals surface area contributed by atoms with Gasteiger partial charge in [-0.1, -0.05) is 73.0 Å². The summed E-state index contributed by atoms with van der Waals surface area (Å²) in [6.07, 6.45) is 4.04. The van der Waals surface area contributed by atoms with Gasteiger partial charge in [-0.15, -0.1) is 0 Å². The lowest BCUT2D eigenvalue weighted by Gasteiger charge is -2.23. The summed E-state index contributed by atoms with van der Waals surface area (Å²) in [5.74, 6) is 2.47. The zero-order valence-electron chi connectivity index (χ0n) is 23.3. The third-order valence-electron chi connectivity index (χ3n) is 7.03. The number of anilines is 1. The molecule has 5 rings (SSSR count). The smallest absolute Gasteiger partial charge is 0.238 e. The highest BCUT2D eigenvalue weighted by atomic mass is 35.5. The van der Waals surface area contributed by atoms with E-state index < -0.39 is 0 Å². The molecule has 1 aliphatic rings. The third kappa shape index (κ3) is 7.81. The first kappa shape index (κ1) is 28.5. The van der Waals surface area contributed by atoms with E-state index in [2.05, 4.69) is 40.5 Å². The molecule has 0 fully saturated rings. The molecule has 0 bridgehead atoms. The second-order valence-corrected chi connectivity index (χ2v) is 10.5. The molecule has 0 aliphatic carbocycles. The molecule has 4 aromatic carbocycles. The fraction of sp³-hybridized carbons (Fsp3) is 0.265. The summed E-state index contributed by atoms with van der Waals surface area (Å²) in [6.45, 7) is 2.30. The number of methoxy groups -OCH3 is 1. The van der Waals surface area contributed by atoms with Gasteiger partial charge in [-0.05, 0) is 73.0 Å². The summed E-state index contributed by atoms with van der Waals surface area (Å²) in [5.41, 5.74) is 3.77. The van der Waals surface area contributed by atoms with E-state index in [1.807, 2.05) is 42.5 Å². The maximum absolute atomic E-state index is 13.4. The van der Waals surface area contributed by atoms with Gasteiger partial charge in [0.05, 0.1) is 25.9 Å². The number of hydrogen-bond donors (Lipinski definition) is 1. The number of para-hydroxylation sites is 3. The molecule has 1 aliphatic heterocycles. The summed E-state index contributed by atoms with van der Waals surface area (Å²) in [6, 6.07) is 29.2. The lowest BCUT2D eigenvalue weighted by atomic mass is 10.0. The number of halogens is 1. The topological polar surface area (TPSA) is 60.0 Å². The van der Waals surface area contributed by atoms with Gasteiger partial charge in [0.15, 0.2) is 17.2 Å². The Bertz CT molecular complexity index is 1470. The highest BCUT2D eigenvalue weighted by molar-refractivity contribution is 6.31. The van der Waals surface area contributed by atoms with Crippen LogP contribution in [0.5, 0.6) is 23.0 Å². The Morgan fingerprint density at radius 1 is 0.854 bits per heavy atom. The normalized spacial score (nSPS) is 15.0. The molecular weight excluding hydrogens is 536 g/mol. The zero-order chi connectivity index (χ0) is 28.4. The van der Waals surface area contributed by atoms with Crippen LogP contribution in [0.1, 0.15) is 31.2 Å². The van der Waals surface area contributed by atoms with Crippen molar-refractivity contribution < 1.29 is 19.0 Å². The predicted octanol–water partition coefficient (Wildman–Crippen LogP) is 8.20. The lowest BCUT2D eigenvalue weighted by molar-refractivity contribution is -0.117. The number of rotatable bonds is 4. The number of hydrogen-bond acceptors (Lipinski definition) is 5. The molecule has 0 spiro atoms. The molecule has 1 N–H and O–H groups in total. The molecule has 1 amide bonds. The van der Waals surface area contributed by atoms with Crippen LogP contribution >= 0.6 is 11.6 Å². The first-order valence-corrected chi connectivity index (χ1v) is 14.4. The number of nitrogens with one attached hydrogen (secondary N) is 1. The van der Waals surface area contributed by atoms with Gasteiger partial charge in [0.25, 0.3) is 0 Å². The van der Waals surface area contributed by atoms with Gasteiger partial charge in [0, 0.05) is 17.1 Å². The van der Waals surface area contributed by atoms with Crippen LogP contribution in [0, 0.1) is 0 Å². The van der Waals surface area contributed by atoms with Crippen molar-refractivity contribution in [3.05, 3.63) is 102 Å². The molecule has 0 radical (unpaired) electrons. The Labute approximate surface area is 246 Å². The number of amides is 1. The molecule has 0 saturated heterocycles. The Hall–Kier alpha value is -4.00. The number of nitrogens with zero attached hydrogens (tertiary/aromatic N) is 1. The van der Waals surface area contributed by atoms with Crippen LogP contribution in [-0.4, -0.2) is 37.6 Å². The molecule has 0 saturated carbocycles. The minimum Gasteiger partial charge on any atom is -0.496 e. The zero-order valence-corrected chi connectivity index (χ0v) is 24.0. The Balaban J connectivity index is 1.37. The highest BCUT2D eigenvalue weighted by Crippen LogP contribution is 2.37. The predicted molar refractivity (Wildman–Crippen MR) is 164 cm³/mol. The highest BCUT2D eigenvalue weighted by Gasteiger charge is 2.17. The molecule has 4 aromatic rings. The van der Waals surface area contributed by atoms with E-state index in [9.17, 15) is 4.79 Å². The van der Waals surface area contributed by atoms with E-state index in [-0.39, 0.29) is 12.5 Å². The fourth-order valence-electron chi connectivity index (χ4n) is 5.02. The van der Waals surface area contributed by atoms with Crippen molar-refractivity contribution in [2.45, 2.75) is 32.2 Å². The third-order valence-corrected chi connectivity index (χ3v) is 7.26. The summed E-state index contributed by atoms with van der Waals surface area (Å²) in [4.78, 5) is 15.6. The van der Waals surface area contributed by atoms with Gasteiger partial charge in [-0.3, -0.25) is 9.69 Å². The van der Waals surface area contributed by atoms with Gasteiger partial charge in [-0.2, -0.15) is 0 Å². The van der Waals surface area contributed by atoms with Gasteiger partial charge in [-0.25, -0.2) is 0 Å². The van der Waals surface area contributed by atoms with E-state index >= 15 is 0 Å². The van der Waals surface area contributed by atoms with Crippen molar-refractivity contribution in [3.8, 4) is 34.1 Å². The molecule has 0 aromatic heterocycles. The SMILES string of the molecule is COc1ccccc1-c1cccc(CN2CCCCCCOc3ccccc3Oc3ccc(Cl)cc3NC(=O)C2)c1. The number of fused-ring (bicyclic) bond motifs is 2. The van der Waals surface area contributed by atoms with Crippen LogP contribution < -0.4 is 19.5 Å². The summed E-state index contributed by atoms with van der Waals surface area (Å²) in [7, 11) is 1.69. The Morgan fingerprint density at radius 3 is 2.54 bits per heavy atom. The van der Waals surface area contributed by atoms with Gasteiger partial charge in [0.2, 0.25) is 5.91 Å². The van der Waals surface area contributed by atoms with E-state index in [0.717, 1.165) is 54.7 Å². The Kier molecular flexibility index (Phi) is 9.78. The quantitative estimate of drug-likeness (QED) is 0.268. The van der Waals surface area contributed by atoms with E-state index in [1.54, 1.807) is 25.3 Å². The van der Waals surface area contributed by atoms with Crippen LogP contribution in [0.2, 0.25) is 5.02 Å². The fourth-order valence-corrected chi connectivity index (χ4v) is 5.19. The van der Waals surface area contributed by atoms with Crippen LogP contribution in [0.4, 0.5) is 5.69 Å². The van der Waals surface area contributed by atoms with Crippen LogP contribution in [-0.2, 0) is 11.3 Å². The van der Waals surface area contributed by atoms with E-state index in [0.29, 0.717) is 41.1 Å². The number of ether oxygens (including phenoxy) is 3. The standard InChI is InChI=1S/C34H35ClN2O4/c1-39-30-14-5-4-13-28(30)26-12-10-11-25(21-26)23-37-19-8-2-3-9-20-40-32-15-6-7-16-33(32)41-31-18-17-27(35)22-29(31)36-34(38)24-37/h4-7,10-18,21-22H,2-3,8-9,19-20,23-24H2,1H3,(H,36,38). The first-order valence-electron chi connectivity index (χ1n) is 14.0. The second kappa shape index (κ2) is 14.1. The molecule has 1 heterocycles. The monoisotopic (exact) mass is 570 g/mol. The minimum atomic E-state index is -0.130. The molecule has 6 nitrogen and oxygen atoms in total. The van der Waals surface area contributed by atoms with Crippen molar-refractivity contribution in [2.75, 3.05) is 32.1 Å². The molecule has 7 heteroatoms. The second-order valence-electron chi connectivity index (χ2n) is 10.1. The number of carbonyl (C=O) groups excluding carboxylic acids is 1. The minimum absolute atomic E-state index is 0.130. The lowest BCUT2D eigenvalue weighted by Crippen LogP contribution is -2.33. The maximum Gasteiger partial charge on any atom is 0.238 e. The average molecular weight is 571 g/mol. The molecular formula is C34H35ClN2O4. The van der Waals surface area contributed by atoms with E-state index in [1.165, 1.54) is 0 Å². The van der Waals surface area contributed by atoms with Crippen molar-refractivity contribution in [1.82, 2.24) is 4.90 Å². The van der Waals surface area contributed by atoms with Gasteiger partial charge >= 0.3 is 0 Å². The first-order chi connectivity index (χ1) is 20.1. The summed E-state index contributed by atoms with van der Waals surface area (Å²) in [5, 5.41) is 3.55. The van der Waals surface area contributed by atoms with Gasteiger partial charge < -0.3 is 19.5 Å². The van der Waals surface area contributed by atoms with E-state index in [4.69, 9.17) is 25.8 Å². The Morgan fingerprint density at radius 2 is 1.66 bits per heavy atom. The van der Waals surface area contributed by atoms with Crippen LogP contribution in [0.25, 0.3) is 11.1 Å². The summed E-state index contributed by atoms with van der Waals surface area (Å²) >= 11 is 6.31. The summed E-state index contributed by atoms with van der Waals surface area (Å²) < 4.78 is 17.9.